The molecule has 1 aliphatic rings. The Morgan fingerprint density at radius 2 is 1.75 bits per heavy atom. The third kappa shape index (κ3) is 5.76. The van der Waals surface area contributed by atoms with Crippen LogP contribution in [0.1, 0.15) is 15.9 Å². The van der Waals surface area contributed by atoms with Gasteiger partial charge in [0.25, 0.3) is 5.91 Å². The van der Waals surface area contributed by atoms with E-state index in [0.29, 0.717) is 58.7 Å². The highest BCUT2D eigenvalue weighted by Crippen LogP contribution is 2.42. The molecular formula is C30H29ClF2N6O. The zero-order valence-electron chi connectivity index (χ0n) is 22.5. The third-order valence-electron chi connectivity index (χ3n) is 6.80. The largest absolute Gasteiger partial charge is 0.340 e. The van der Waals surface area contributed by atoms with Crippen molar-refractivity contribution in [3.8, 4) is 11.3 Å². The van der Waals surface area contributed by atoms with Gasteiger partial charge in [0.05, 0.1) is 11.4 Å². The first-order chi connectivity index (χ1) is 19.2. The van der Waals surface area contributed by atoms with E-state index in [1.807, 2.05) is 19.0 Å². The molecule has 0 saturated heterocycles. The molecule has 10 heteroatoms. The van der Waals surface area contributed by atoms with E-state index >= 15 is 0 Å². The van der Waals surface area contributed by atoms with Crippen molar-refractivity contribution in [2.75, 3.05) is 51.0 Å². The fourth-order valence-electron chi connectivity index (χ4n) is 4.64. The molecule has 0 spiro atoms. The summed E-state index contributed by atoms with van der Waals surface area (Å²) in [5.41, 5.74) is 3.90. The minimum Gasteiger partial charge on any atom is -0.340 e. The molecule has 1 N–H and O–H groups in total. The van der Waals surface area contributed by atoms with Gasteiger partial charge in [-0.15, -0.1) is 0 Å². The summed E-state index contributed by atoms with van der Waals surface area (Å²) >= 11 is 6.33. The summed E-state index contributed by atoms with van der Waals surface area (Å²) in [7, 11) is 5.72. The standard InChI is InChI=1S/C30H29ClF2N6O/c1-37(2)15-16-38(3)29(40)19-7-10-22(11-8-19)35-30-34-18-20-13-14-39(28-24(32)5-4-6-25(28)33)26-17-21(31)9-12-23(26)27(20)36-30/h4-12,17-18H,13-16H2,1-3H3,(H,34,35,36). The van der Waals surface area contributed by atoms with E-state index in [2.05, 4.69) is 10.3 Å². The highest BCUT2D eigenvalue weighted by molar-refractivity contribution is 6.31. The summed E-state index contributed by atoms with van der Waals surface area (Å²) in [6.45, 7) is 1.72. The Bertz CT molecular complexity index is 1530. The number of aromatic nitrogens is 2. The fraction of sp³-hybridized carbons (Fsp3) is 0.233. The van der Waals surface area contributed by atoms with Crippen molar-refractivity contribution in [3.63, 3.8) is 0 Å². The molecule has 3 aromatic carbocycles. The summed E-state index contributed by atoms with van der Waals surface area (Å²) in [4.78, 5) is 27.3. The van der Waals surface area contributed by atoms with Gasteiger partial charge in [-0.2, -0.15) is 0 Å². The summed E-state index contributed by atoms with van der Waals surface area (Å²) in [5, 5.41) is 3.64. The molecule has 206 valence electrons. The number of carbonyl (C=O) groups is 1. The second-order valence-electron chi connectivity index (χ2n) is 9.93. The van der Waals surface area contributed by atoms with Crippen molar-refractivity contribution >= 4 is 40.5 Å². The Morgan fingerprint density at radius 1 is 1.02 bits per heavy atom. The highest BCUT2D eigenvalue weighted by Gasteiger charge is 2.27. The number of likely N-dealkylation sites (N-methyl/N-ethyl adjacent to an activating group) is 2. The number of nitrogens with zero attached hydrogens (tertiary/aromatic N) is 5. The number of amides is 1. The lowest BCUT2D eigenvalue weighted by Crippen LogP contribution is -2.33. The van der Waals surface area contributed by atoms with Gasteiger partial charge >= 0.3 is 0 Å². The predicted octanol–water partition coefficient (Wildman–Crippen LogP) is 6.15. The first-order valence-electron chi connectivity index (χ1n) is 12.9. The van der Waals surface area contributed by atoms with Crippen LogP contribution in [0, 0.1) is 11.6 Å². The summed E-state index contributed by atoms with van der Waals surface area (Å²) < 4.78 is 29.6. The van der Waals surface area contributed by atoms with E-state index in [0.717, 1.165) is 12.1 Å². The van der Waals surface area contributed by atoms with Crippen LogP contribution in [0.2, 0.25) is 5.02 Å². The van der Waals surface area contributed by atoms with E-state index in [9.17, 15) is 13.6 Å². The van der Waals surface area contributed by atoms with Gasteiger partial charge in [-0.25, -0.2) is 18.7 Å². The summed E-state index contributed by atoms with van der Waals surface area (Å²) in [6.07, 6.45) is 2.19. The monoisotopic (exact) mass is 562 g/mol. The number of hydrogen-bond acceptors (Lipinski definition) is 6. The van der Waals surface area contributed by atoms with E-state index in [1.54, 1.807) is 65.5 Å². The first kappa shape index (κ1) is 27.5. The fourth-order valence-corrected chi connectivity index (χ4v) is 4.81. The van der Waals surface area contributed by atoms with E-state index in [-0.39, 0.29) is 11.6 Å². The molecule has 1 aromatic heterocycles. The predicted molar refractivity (Wildman–Crippen MR) is 155 cm³/mol. The molecule has 7 nitrogen and oxygen atoms in total. The van der Waals surface area contributed by atoms with Gasteiger partial charge in [0.15, 0.2) is 0 Å². The maximum atomic E-state index is 14.8. The summed E-state index contributed by atoms with van der Waals surface area (Å²) in [6, 6.07) is 16.2. The molecule has 0 aliphatic carbocycles. The van der Waals surface area contributed by atoms with E-state index in [1.165, 1.54) is 18.2 Å². The minimum absolute atomic E-state index is 0.0548. The molecule has 2 heterocycles. The van der Waals surface area contributed by atoms with Crippen molar-refractivity contribution in [2.45, 2.75) is 6.42 Å². The number of fused-ring (bicyclic) bond motifs is 3. The lowest BCUT2D eigenvalue weighted by Gasteiger charge is -2.26. The van der Waals surface area contributed by atoms with Gasteiger partial charge in [0, 0.05) is 54.7 Å². The molecule has 40 heavy (non-hydrogen) atoms. The maximum absolute atomic E-state index is 14.8. The zero-order chi connectivity index (χ0) is 28.4. The lowest BCUT2D eigenvalue weighted by molar-refractivity contribution is 0.0786. The van der Waals surface area contributed by atoms with Gasteiger partial charge in [0.1, 0.15) is 17.3 Å². The van der Waals surface area contributed by atoms with Crippen LogP contribution in [-0.2, 0) is 6.42 Å². The van der Waals surface area contributed by atoms with Crippen molar-refractivity contribution < 1.29 is 13.6 Å². The van der Waals surface area contributed by atoms with Crippen LogP contribution in [0.15, 0.2) is 66.9 Å². The van der Waals surface area contributed by atoms with Crippen LogP contribution >= 0.6 is 11.6 Å². The molecule has 0 fully saturated rings. The highest BCUT2D eigenvalue weighted by atomic mass is 35.5. The molecule has 0 radical (unpaired) electrons. The molecular weight excluding hydrogens is 534 g/mol. The van der Waals surface area contributed by atoms with Gasteiger partial charge < -0.3 is 20.0 Å². The van der Waals surface area contributed by atoms with Crippen molar-refractivity contribution in [2.24, 2.45) is 0 Å². The second-order valence-corrected chi connectivity index (χ2v) is 10.4. The maximum Gasteiger partial charge on any atom is 0.253 e. The molecule has 0 unspecified atom stereocenters. The first-order valence-corrected chi connectivity index (χ1v) is 13.2. The van der Waals surface area contributed by atoms with Crippen LogP contribution < -0.4 is 10.2 Å². The molecule has 1 amide bonds. The smallest absolute Gasteiger partial charge is 0.253 e. The average Bonchev–Trinajstić information content (AvgIpc) is 3.08. The average molecular weight is 563 g/mol. The molecule has 0 saturated carbocycles. The molecule has 1 aliphatic heterocycles. The van der Waals surface area contributed by atoms with E-state index in [4.69, 9.17) is 16.6 Å². The number of carbonyl (C=O) groups excluding carboxylic acids is 1. The normalized spacial score (nSPS) is 12.5. The Balaban J connectivity index is 1.42. The zero-order valence-corrected chi connectivity index (χ0v) is 23.2. The van der Waals surface area contributed by atoms with Crippen LogP contribution in [0.5, 0.6) is 0 Å². The third-order valence-corrected chi connectivity index (χ3v) is 7.03. The number of hydrogen-bond donors (Lipinski definition) is 1. The van der Waals surface area contributed by atoms with Gasteiger partial charge in [-0.1, -0.05) is 17.7 Å². The number of halogens is 3. The number of anilines is 4. The van der Waals surface area contributed by atoms with Crippen molar-refractivity contribution in [1.29, 1.82) is 0 Å². The molecule has 5 rings (SSSR count). The van der Waals surface area contributed by atoms with Crippen molar-refractivity contribution in [1.82, 2.24) is 19.8 Å². The number of benzene rings is 3. The Kier molecular flexibility index (Phi) is 7.95. The Morgan fingerprint density at radius 3 is 2.45 bits per heavy atom. The van der Waals surface area contributed by atoms with Gasteiger partial charge in [-0.3, -0.25) is 4.79 Å². The topological polar surface area (TPSA) is 64.6 Å². The van der Waals surface area contributed by atoms with Crippen LogP contribution in [0.4, 0.5) is 31.8 Å². The van der Waals surface area contributed by atoms with E-state index < -0.39 is 11.6 Å². The molecule has 0 bridgehead atoms. The van der Waals surface area contributed by atoms with Crippen molar-refractivity contribution in [3.05, 3.63) is 94.6 Å². The van der Waals surface area contributed by atoms with Gasteiger partial charge in [-0.05, 0) is 80.7 Å². The Labute approximate surface area is 237 Å². The minimum atomic E-state index is -0.656. The van der Waals surface area contributed by atoms with Crippen LogP contribution in [0.25, 0.3) is 11.3 Å². The Hall–Kier alpha value is -4.08. The van der Waals surface area contributed by atoms with Crippen LogP contribution in [0.3, 0.4) is 0 Å². The molecule has 4 aromatic rings. The van der Waals surface area contributed by atoms with Crippen LogP contribution in [-0.4, -0.2) is 66.5 Å². The lowest BCUT2D eigenvalue weighted by atomic mass is 10.0. The second kappa shape index (κ2) is 11.6. The van der Waals surface area contributed by atoms with Gasteiger partial charge in [0.2, 0.25) is 5.95 Å². The number of nitrogens with one attached hydrogen (secondary N) is 1. The number of rotatable bonds is 7. The quantitative estimate of drug-likeness (QED) is 0.292. The molecule has 0 atom stereocenters. The summed E-state index contributed by atoms with van der Waals surface area (Å²) in [5.74, 6) is -1.01. The number of para-hydroxylation sites is 1. The SMILES string of the molecule is CN(C)CCN(C)C(=O)c1ccc(Nc2ncc3c(n2)-c2ccc(Cl)cc2N(c2c(F)cccc2F)CC3)cc1.